The number of aromatic amines is 1. The number of carbonyl (C=O) groups is 1. The van der Waals surface area contributed by atoms with Crippen molar-refractivity contribution in [2.75, 3.05) is 18.2 Å². The topological polar surface area (TPSA) is 119 Å². The summed E-state index contributed by atoms with van der Waals surface area (Å²) in [6, 6.07) is 9.76. The third-order valence-electron chi connectivity index (χ3n) is 3.83. The van der Waals surface area contributed by atoms with E-state index in [0.29, 0.717) is 16.6 Å². The number of H-pyrrole nitrogens is 1. The molecule has 0 aliphatic rings. The summed E-state index contributed by atoms with van der Waals surface area (Å²) in [4.78, 5) is 47.5. The Labute approximate surface area is 170 Å². The van der Waals surface area contributed by atoms with Gasteiger partial charge in [0.05, 0.1) is 18.6 Å². The maximum absolute atomic E-state index is 12.5. The highest BCUT2D eigenvalue weighted by atomic mass is 32.2. The van der Waals surface area contributed by atoms with Crippen molar-refractivity contribution in [3.05, 3.63) is 68.6 Å². The van der Waals surface area contributed by atoms with Crippen LogP contribution in [0.3, 0.4) is 0 Å². The summed E-state index contributed by atoms with van der Waals surface area (Å²) in [6.07, 6.45) is 0. The number of ether oxygens (including phenoxy) is 1. The van der Waals surface area contributed by atoms with Crippen molar-refractivity contribution in [2.45, 2.75) is 19.0 Å². The van der Waals surface area contributed by atoms with E-state index in [1.54, 1.807) is 24.3 Å². The number of aryl methyl sites for hydroxylation is 2. The number of rotatable bonds is 6. The van der Waals surface area contributed by atoms with Gasteiger partial charge in [-0.25, -0.2) is 19.3 Å². The lowest BCUT2D eigenvalue weighted by molar-refractivity contribution is -0.113. The molecule has 1 amide bonds. The van der Waals surface area contributed by atoms with E-state index < -0.39 is 17.2 Å². The van der Waals surface area contributed by atoms with Crippen LogP contribution in [0.2, 0.25) is 0 Å². The molecule has 0 unspecified atom stereocenters. The first-order chi connectivity index (χ1) is 13.9. The highest BCUT2D eigenvalue weighted by Crippen LogP contribution is 2.23. The Morgan fingerprint density at radius 2 is 1.86 bits per heavy atom. The molecule has 2 heterocycles. The highest BCUT2D eigenvalue weighted by Gasteiger charge is 2.15. The van der Waals surface area contributed by atoms with E-state index >= 15 is 0 Å². The van der Waals surface area contributed by atoms with Gasteiger partial charge in [-0.2, -0.15) is 0 Å². The van der Waals surface area contributed by atoms with Gasteiger partial charge < -0.3 is 10.1 Å². The molecule has 1 aromatic carbocycles. The summed E-state index contributed by atoms with van der Waals surface area (Å²) < 4.78 is 6.46. The number of para-hydroxylation sites is 2. The number of nitrogens with one attached hydrogen (secondary N) is 2. The van der Waals surface area contributed by atoms with Crippen LogP contribution in [0.15, 0.2) is 51.1 Å². The number of aromatic nitrogens is 4. The summed E-state index contributed by atoms with van der Waals surface area (Å²) in [5, 5.41) is 3.09. The third-order valence-corrected chi connectivity index (χ3v) is 4.68. The van der Waals surface area contributed by atoms with E-state index in [9.17, 15) is 14.4 Å². The normalized spacial score (nSPS) is 10.6. The smallest absolute Gasteiger partial charge is 0.334 e. The minimum Gasteiger partial charge on any atom is -0.495 e. The molecule has 0 fully saturated rings. The average molecular weight is 413 g/mol. The van der Waals surface area contributed by atoms with Crippen molar-refractivity contribution in [3.8, 4) is 11.4 Å². The molecule has 0 saturated carbocycles. The minimum atomic E-state index is -0.692. The number of hydrogen-bond donors (Lipinski definition) is 2. The lowest BCUT2D eigenvalue weighted by Crippen LogP contribution is -2.32. The van der Waals surface area contributed by atoms with Crippen LogP contribution in [-0.2, 0) is 4.79 Å². The number of thioether (sulfide) groups is 1. The Hall–Kier alpha value is -3.40. The third kappa shape index (κ3) is 4.91. The van der Waals surface area contributed by atoms with Gasteiger partial charge >= 0.3 is 5.69 Å². The predicted molar refractivity (Wildman–Crippen MR) is 110 cm³/mol. The van der Waals surface area contributed by atoms with Crippen molar-refractivity contribution < 1.29 is 9.53 Å². The summed E-state index contributed by atoms with van der Waals surface area (Å²) in [7, 11) is 1.47. The van der Waals surface area contributed by atoms with Gasteiger partial charge in [-0.3, -0.25) is 14.6 Å². The van der Waals surface area contributed by atoms with Crippen molar-refractivity contribution in [1.82, 2.24) is 19.5 Å². The number of carbonyl (C=O) groups excluding carboxylic acids is 1. The van der Waals surface area contributed by atoms with Crippen LogP contribution in [0.1, 0.15) is 11.4 Å². The minimum absolute atomic E-state index is 0.00973. The number of hydrogen-bond acceptors (Lipinski definition) is 7. The largest absolute Gasteiger partial charge is 0.495 e. The summed E-state index contributed by atoms with van der Waals surface area (Å²) in [5.74, 6) is 0.0484. The molecule has 0 spiro atoms. The number of benzene rings is 1. The maximum atomic E-state index is 12.5. The molecule has 0 bridgehead atoms. The van der Waals surface area contributed by atoms with Crippen molar-refractivity contribution in [3.63, 3.8) is 0 Å². The fourth-order valence-electron chi connectivity index (χ4n) is 2.71. The number of anilines is 1. The van der Waals surface area contributed by atoms with Crippen LogP contribution >= 0.6 is 11.8 Å². The molecule has 0 radical (unpaired) electrons. The number of nitrogens with zero attached hydrogens (tertiary/aromatic N) is 3. The van der Waals surface area contributed by atoms with Crippen LogP contribution < -0.4 is 21.3 Å². The lowest BCUT2D eigenvalue weighted by Gasteiger charge is -2.15. The Kier molecular flexibility index (Phi) is 6.13. The summed E-state index contributed by atoms with van der Waals surface area (Å²) in [5.41, 5.74) is 0.682. The second kappa shape index (κ2) is 8.74. The molecule has 0 saturated heterocycles. The van der Waals surface area contributed by atoms with Crippen molar-refractivity contribution >= 4 is 23.5 Å². The van der Waals surface area contributed by atoms with Gasteiger partial charge in [-0.15, -0.1) is 0 Å². The van der Waals surface area contributed by atoms with Gasteiger partial charge in [0.25, 0.3) is 5.56 Å². The first-order valence-electron chi connectivity index (χ1n) is 8.62. The van der Waals surface area contributed by atoms with E-state index in [-0.39, 0.29) is 11.6 Å². The molecule has 2 N–H and O–H groups in total. The fourth-order valence-corrected chi connectivity index (χ4v) is 3.46. The predicted octanol–water partition coefficient (Wildman–Crippen LogP) is 1.67. The molecule has 9 nitrogen and oxygen atoms in total. The first-order valence-corrected chi connectivity index (χ1v) is 9.60. The molecule has 10 heteroatoms. The van der Waals surface area contributed by atoms with E-state index in [1.807, 2.05) is 19.9 Å². The van der Waals surface area contributed by atoms with Crippen molar-refractivity contribution in [1.29, 1.82) is 0 Å². The van der Waals surface area contributed by atoms with Gasteiger partial charge in [0.1, 0.15) is 11.6 Å². The van der Waals surface area contributed by atoms with Crippen LogP contribution in [0.4, 0.5) is 5.82 Å². The SMILES string of the molecule is COc1ccccc1-n1c(NC(=O)CSc2nc(C)cc(C)n2)cc(=O)[nH]c1=O. The summed E-state index contributed by atoms with van der Waals surface area (Å²) >= 11 is 1.16. The van der Waals surface area contributed by atoms with E-state index in [4.69, 9.17) is 4.74 Å². The molecule has 2 aromatic heterocycles. The Balaban J connectivity index is 1.88. The second-order valence-corrected chi connectivity index (χ2v) is 7.04. The zero-order valence-electron chi connectivity index (χ0n) is 16.1. The van der Waals surface area contributed by atoms with E-state index in [2.05, 4.69) is 20.3 Å². The van der Waals surface area contributed by atoms with Gasteiger partial charge in [0.15, 0.2) is 5.16 Å². The molecule has 0 aliphatic carbocycles. The first kappa shape index (κ1) is 20.3. The number of amides is 1. The van der Waals surface area contributed by atoms with Crippen LogP contribution in [0.5, 0.6) is 5.75 Å². The van der Waals surface area contributed by atoms with Crippen LogP contribution in [0.25, 0.3) is 5.69 Å². The van der Waals surface area contributed by atoms with E-state index in [1.165, 1.54) is 11.7 Å². The van der Waals surface area contributed by atoms with E-state index in [0.717, 1.165) is 29.2 Å². The Morgan fingerprint density at radius 1 is 1.17 bits per heavy atom. The van der Waals surface area contributed by atoms with Crippen LogP contribution in [-0.4, -0.2) is 38.3 Å². The molecule has 3 aromatic rings. The van der Waals surface area contributed by atoms with Gasteiger partial charge in [0, 0.05) is 17.5 Å². The van der Waals surface area contributed by atoms with Crippen molar-refractivity contribution in [2.24, 2.45) is 0 Å². The van der Waals surface area contributed by atoms with Gasteiger partial charge in [0.2, 0.25) is 5.91 Å². The molecular formula is C19H19N5O4S. The zero-order chi connectivity index (χ0) is 21.0. The number of methoxy groups -OCH3 is 1. The average Bonchev–Trinajstić information content (AvgIpc) is 2.65. The Morgan fingerprint density at radius 3 is 2.55 bits per heavy atom. The Bertz CT molecular complexity index is 1150. The van der Waals surface area contributed by atoms with Gasteiger partial charge in [-0.05, 0) is 32.0 Å². The molecule has 29 heavy (non-hydrogen) atoms. The molecule has 3 rings (SSSR count). The fraction of sp³-hybridized carbons (Fsp3) is 0.211. The molecule has 150 valence electrons. The summed E-state index contributed by atoms with van der Waals surface area (Å²) in [6.45, 7) is 3.70. The lowest BCUT2D eigenvalue weighted by atomic mass is 10.3. The molecular weight excluding hydrogens is 394 g/mol. The maximum Gasteiger partial charge on any atom is 0.334 e. The molecule has 0 atom stereocenters. The van der Waals surface area contributed by atoms with Crippen LogP contribution in [0, 0.1) is 13.8 Å². The standard InChI is InChI=1S/C19H19N5O4S/c1-11-8-12(2)21-18(20-11)29-10-17(26)22-15-9-16(25)23-19(27)24(15)13-6-4-5-7-14(13)28-3/h4-9H,10H2,1-3H3,(H,22,26)(H,23,25,27). The van der Waals surface area contributed by atoms with Gasteiger partial charge in [-0.1, -0.05) is 23.9 Å². The quantitative estimate of drug-likeness (QED) is 0.466. The highest BCUT2D eigenvalue weighted by molar-refractivity contribution is 7.99. The second-order valence-electron chi connectivity index (χ2n) is 6.10. The molecule has 0 aliphatic heterocycles. The zero-order valence-corrected chi connectivity index (χ0v) is 16.9. The monoisotopic (exact) mass is 413 g/mol.